The standard InChI is InChI=1S/C20H16N4O5S/c1-2-10-23-19(27)17(12-13-6-5-7-14(11-13)24(28)29)30-20(23)22-21-18(26)15-8-3-4-9-16(15)25/h2-9,11-12,25H,1,10H2,(H,21,26)/b17-12-,22-20+. The zero-order chi connectivity index (χ0) is 21.7. The average molecular weight is 424 g/mol. The number of para-hydroxylation sites is 1. The van der Waals surface area contributed by atoms with Gasteiger partial charge < -0.3 is 5.11 Å². The first-order valence-corrected chi connectivity index (χ1v) is 9.45. The van der Waals surface area contributed by atoms with Crippen molar-refractivity contribution in [2.24, 2.45) is 5.10 Å². The zero-order valence-electron chi connectivity index (χ0n) is 15.5. The summed E-state index contributed by atoms with van der Waals surface area (Å²) in [7, 11) is 0. The number of nitro groups is 1. The van der Waals surface area contributed by atoms with Crippen molar-refractivity contribution < 1.29 is 19.6 Å². The number of benzene rings is 2. The number of non-ortho nitro benzene ring substituents is 1. The topological polar surface area (TPSA) is 125 Å². The van der Waals surface area contributed by atoms with E-state index >= 15 is 0 Å². The fourth-order valence-electron chi connectivity index (χ4n) is 2.59. The number of hydrogen-bond donors (Lipinski definition) is 2. The van der Waals surface area contributed by atoms with Gasteiger partial charge >= 0.3 is 0 Å². The first-order chi connectivity index (χ1) is 14.4. The lowest BCUT2D eigenvalue weighted by atomic mass is 10.2. The number of hydrazone groups is 1. The van der Waals surface area contributed by atoms with E-state index < -0.39 is 10.8 Å². The van der Waals surface area contributed by atoms with Crippen molar-refractivity contribution in [1.82, 2.24) is 10.3 Å². The van der Waals surface area contributed by atoms with Gasteiger partial charge in [-0.3, -0.25) is 24.6 Å². The number of thioether (sulfide) groups is 1. The van der Waals surface area contributed by atoms with Crippen molar-refractivity contribution in [1.29, 1.82) is 0 Å². The molecule has 0 spiro atoms. The van der Waals surface area contributed by atoms with E-state index in [-0.39, 0.29) is 39.5 Å². The summed E-state index contributed by atoms with van der Waals surface area (Å²) >= 11 is 1.01. The van der Waals surface area contributed by atoms with Crippen LogP contribution in [0.4, 0.5) is 5.69 Å². The Hall–Kier alpha value is -3.92. The molecule has 2 amide bonds. The van der Waals surface area contributed by atoms with E-state index in [1.54, 1.807) is 18.2 Å². The summed E-state index contributed by atoms with van der Waals surface area (Å²) in [5.74, 6) is -1.20. The largest absolute Gasteiger partial charge is 0.507 e. The van der Waals surface area contributed by atoms with Crippen LogP contribution in [0.25, 0.3) is 6.08 Å². The van der Waals surface area contributed by atoms with Gasteiger partial charge in [0.15, 0.2) is 5.17 Å². The van der Waals surface area contributed by atoms with Crippen LogP contribution in [0.15, 0.2) is 71.2 Å². The van der Waals surface area contributed by atoms with Crippen LogP contribution in [0.3, 0.4) is 0 Å². The molecular formula is C20H16N4O5S. The molecule has 0 aliphatic carbocycles. The van der Waals surface area contributed by atoms with Crippen LogP contribution < -0.4 is 5.43 Å². The van der Waals surface area contributed by atoms with Gasteiger partial charge in [0.25, 0.3) is 17.5 Å². The average Bonchev–Trinajstić information content (AvgIpc) is 3.02. The number of amides is 2. The fraction of sp³-hybridized carbons (Fsp3) is 0.0500. The molecule has 0 aromatic heterocycles. The number of nitrogens with one attached hydrogen (secondary N) is 1. The number of nitrogens with zero attached hydrogens (tertiary/aromatic N) is 3. The summed E-state index contributed by atoms with van der Waals surface area (Å²) in [6.07, 6.45) is 3.03. The molecule has 30 heavy (non-hydrogen) atoms. The second-order valence-electron chi connectivity index (χ2n) is 6.02. The van der Waals surface area contributed by atoms with Gasteiger partial charge in [-0.05, 0) is 35.5 Å². The highest BCUT2D eigenvalue weighted by atomic mass is 32.2. The summed E-state index contributed by atoms with van der Waals surface area (Å²) in [5.41, 5.74) is 2.76. The van der Waals surface area contributed by atoms with E-state index in [1.165, 1.54) is 47.4 Å². The summed E-state index contributed by atoms with van der Waals surface area (Å²) in [4.78, 5) is 37.0. The summed E-state index contributed by atoms with van der Waals surface area (Å²) in [6, 6.07) is 11.9. The molecule has 0 radical (unpaired) electrons. The molecule has 9 nitrogen and oxygen atoms in total. The molecule has 152 valence electrons. The molecule has 0 bridgehead atoms. The number of phenols is 1. The fourth-order valence-corrected chi connectivity index (χ4v) is 3.53. The quantitative estimate of drug-likeness (QED) is 0.318. The number of carbonyl (C=O) groups excluding carboxylic acids is 2. The van der Waals surface area contributed by atoms with Crippen molar-refractivity contribution >= 4 is 40.5 Å². The zero-order valence-corrected chi connectivity index (χ0v) is 16.3. The predicted molar refractivity (Wildman–Crippen MR) is 114 cm³/mol. The molecule has 0 atom stereocenters. The third-order valence-corrected chi connectivity index (χ3v) is 4.99. The third kappa shape index (κ3) is 4.55. The SMILES string of the molecule is C=CCN1C(=O)/C(=C/c2cccc([N+](=O)[O-])c2)S/C1=N/NC(=O)c1ccccc1O. The second kappa shape index (κ2) is 9.05. The van der Waals surface area contributed by atoms with Crippen molar-refractivity contribution in [3.05, 3.63) is 87.3 Å². The Morgan fingerprint density at radius 1 is 1.30 bits per heavy atom. The molecule has 1 heterocycles. The van der Waals surface area contributed by atoms with Crippen molar-refractivity contribution in [3.63, 3.8) is 0 Å². The lowest BCUT2D eigenvalue weighted by molar-refractivity contribution is -0.384. The van der Waals surface area contributed by atoms with Gasteiger partial charge in [0.05, 0.1) is 15.4 Å². The maximum Gasteiger partial charge on any atom is 0.275 e. The molecule has 1 aliphatic heterocycles. The minimum atomic E-state index is -0.636. The van der Waals surface area contributed by atoms with Crippen LogP contribution in [-0.2, 0) is 4.79 Å². The molecule has 1 fully saturated rings. The minimum absolute atomic E-state index is 0.0406. The van der Waals surface area contributed by atoms with Crippen LogP contribution in [0.5, 0.6) is 5.75 Å². The lowest BCUT2D eigenvalue weighted by Crippen LogP contribution is -2.31. The highest BCUT2D eigenvalue weighted by Gasteiger charge is 2.33. The smallest absolute Gasteiger partial charge is 0.275 e. The molecule has 2 N–H and O–H groups in total. The van der Waals surface area contributed by atoms with Gasteiger partial charge in [-0.2, -0.15) is 0 Å². The van der Waals surface area contributed by atoms with Gasteiger partial charge in [-0.1, -0.05) is 30.3 Å². The second-order valence-corrected chi connectivity index (χ2v) is 7.03. The monoisotopic (exact) mass is 424 g/mol. The highest BCUT2D eigenvalue weighted by Crippen LogP contribution is 2.32. The van der Waals surface area contributed by atoms with E-state index in [1.807, 2.05) is 0 Å². The van der Waals surface area contributed by atoms with Gasteiger partial charge in [0, 0.05) is 18.7 Å². The van der Waals surface area contributed by atoms with Crippen LogP contribution >= 0.6 is 11.8 Å². The van der Waals surface area contributed by atoms with E-state index in [2.05, 4.69) is 17.1 Å². The lowest BCUT2D eigenvalue weighted by Gasteiger charge is -2.12. The van der Waals surface area contributed by atoms with Gasteiger partial charge in [-0.25, -0.2) is 5.43 Å². The Morgan fingerprint density at radius 2 is 2.07 bits per heavy atom. The molecular weight excluding hydrogens is 408 g/mol. The molecule has 0 unspecified atom stereocenters. The van der Waals surface area contributed by atoms with Gasteiger partial charge in [-0.15, -0.1) is 11.7 Å². The number of rotatable bonds is 6. The molecule has 2 aromatic rings. The van der Waals surface area contributed by atoms with Crippen LogP contribution in [-0.4, -0.2) is 38.5 Å². The number of hydrogen-bond acceptors (Lipinski definition) is 7. The van der Waals surface area contributed by atoms with E-state index in [9.17, 15) is 24.8 Å². The molecule has 2 aromatic carbocycles. The first kappa shape index (κ1) is 20.8. The maximum atomic E-state index is 12.7. The number of aromatic hydroxyl groups is 1. The Bertz CT molecular complexity index is 1100. The van der Waals surface area contributed by atoms with Crippen LogP contribution in [0, 0.1) is 10.1 Å². The minimum Gasteiger partial charge on any atom is -0.507 e. The summed E-state index contributed by atoms with van der Waals surface area (Å²) in [5, 5.41) is 24.9. The maximum absolute atomic E-state index is 12.7. The molecule has 1 saturated heterocycles. The number of carbonyl (C=O) groups is 2. The summed E-state index contributed by atoms with van der Waals surface area (Å²) < 4.78 is 0. The first-order valence-electron chi connectivity index (χ1n) is 8.63. The number of phenolic OH excluding ortho intramolecular Hbond substituents is 1. The molecule has 10 heteroatoms. The Kier molecular flexibility index (Phi) is 6.28. The highest BCUT2D eigenvalue weighted by molar-refractivity contribution is 8.18. The van der Waals surface area contributed by atoms with E-state index in [0.717, 1.165) is 11.8 Å². The van der Waals surface area contributed by atoms with E-state index in [4.69, 9.17) is 0 Å². The molecule has 3 rings (SSSR count). The Labute approximate surface area is 175 Å². The normalized spacial score (nSPS) is 16.1. The number of nitro benzene ring substituents is 1. The van der Waals surface area contributed by atoms with Crippen molar-refractivity contribution in [2.75, 3.05) is 6.54 Å². The molecule has 1 aliphatic rings. The Morgan fingerprint density at radius 3 is 2.77 bits per heavy atom. The van der Waals surface area contributed by atoms with Gasteiger partial charge in [0.1, 0.15) is 5.75 Å². The Balaban J connectivity index is 1.85. The van der Waals surface area contributed by atoms with Crippen molar-refractivity contribution in [3.8, 4) is 5.75 Å². The van der Waals surface area contributed by atoms with Crippen LogP contribution in [0.1, 0.15) is 15.9 Å². The van der Waals surface area contributed by atoms with Crippen molar-refractivity contribution in [2.45, 2.75) is 0 Å². The predicted octanol–water partition coefficient (Wildman–Crippen LogP) is 3.10. The summed E-state index contributed by atoms with van der Waals surface area (Å²) in [6.45, 7) is 3.77. The number of amidine groups is 1. The van der Waals surface area contributed by atoms with Gasteiger partial charge in [0.2, 0.25) is 0 Å². The third-order valence-electron chi connectivity index (χ3n) is 3.98. The van der Waals surface area contributed by atoms with E-state index in [0.29, 0.717) is 5.56 Å². The van der Waals surface area contributed by atoms with Crippen LogP contribution in [0.2, 0.25) is 0 Å². The molecule has 0 saturated carbocycles.